The van der Waals surface area contributed by atoms with E-state index in [-0.39, 0.29) is 11.8 Å². The minimum Gasteiger partial charge on any atom is -0.481 e. The molecular formula is C19H22N2O3. The first-order valence-electron chi connectivity index (χ1n) is 8.25. The highest BCUT2D eigenvalue weighted by Crippen LogP contribution is 2.24. The zero-order valence-corrected chi connectivity index (χ0v) is 14.0. The summed E-state index contributed by atoms with van der Waals surface area (Å²) in [6.07, 6.45) is 1.05. The predicted molar refractivity (Wildman–Crippen MR) is 91.5 cm³/mol. The molecule has 0 radical (unpaired) electrons. The van der Waals surface area contributed by atoms with Gasteiger partial charge in [0.15, 0.2) is 0 Å². The van der Waals surface area contributed by atoms with Crippen LogP contribution in [-0.4, -0.2) is 39.5 Å². The molecule has 126 valence electrons. The van der Waals surface area contributed by atoms with E-state index in [1.807, 2.05) is 50.2 Å². The molecule has 1 aromatic carbocycles. The van der Waals surface area contributed by atoms with E-state index in [9.17, 15) is 9.59 Å². The summed E-state index contributed by atoms with van der Waals surface area (Å²) in [6.45, 7) is 4.96. The van der Waals surface area contributed by atoms with E-state index < -0.39 is 5.97 Å². The Hall–Kier alpha value is -2.56. The standard InChI is InChI=1S/C19H22N2O3/c1-13-12-17(14(2)21(13)16-6-4-3-5-7-16)18(22)20-10-8-15(9-11-20)19(23)24/h3-7,12,15H,8-11H2,1-2H3,(H,23,24). The van der Waals surface area contributed by atoms with Gasteiger partial charge in [0, 0.05) is 30.2 Å². The fraction of sp³-hybridized carbons (Fsp3) is 0.368. The first-order valence-corrected chi connectivity index (χ1v) is 8.25. The zero-order valence-electron chi connectivity index (χ0n) is 14.0. The van der Waals surface area contributed by atoms with Gasteiger partial charge in [-0.15, -0.1) is 0 Å². The van der Waals surface area contributed by atoms with Gasteiger partial charge in [-0.05, 0) is 44.9 Å². The molecule has 5 heteroatoms. The number of hydrogen-bond acceptors (Lipinski definition) is 2. The number of rotatable bonds is 3. The van der Waals surface area contributed by atoms with Gasteiger partial charge in [0.1, 0.15) is 0 Å². The van der Waals surface area contributed by atoms with Crippen LogP contribution < -0.4 is 0 Å². The SMILES string of the molecule is Cc1cc(C(=O)N2CCC(C(=O)O)CC2)c(C)n1-c1ccccc1. The van der Waals surface area contributed by atoms with E-state index in [2.05, 4.69) is 4.57 Å². The van der Waals surface area contributed by atoms with Crippen LogP contribution in [0.2, 0.25) is 0 Å². The average Bonchev–Trinajstić information content (AvgIpc) is 2.89. The second-order valence-corrected chi connectivity index (χ2v) is 6.36. The largest absolute Gasteiger partial charge is 0.481 e. The number of carboxylic acids is 1. The summed E-state index contributed by atoms with van der Waals surface area (Å²) in [5.74, 6) is -1.09. The molecule has 1 aliphatic heterocycles. The van der Waals surface area contributed by atoms with Crippen molar-refractivity contribution in [1.82, 2.24) is 9.47 Å². The summed E-state index contributed by atoms with van der Waals surface area (Å²) in [7, 11) is 0. The van der Waals surface area contributed by atoms with E-state index in [1.54, 1.807) is 4.90 Å². The molecule has 2 aromatic rings. The molecule has 1 aliphatic rings. The molecule has 0 atom stereocenters. The first kappa shape index (κ1) is 16.3. The Morgan fingerprint density at radius 3 is 2.29 bits per heavy atom. The maximum atomic E-state index is 12.9. The monoisotopic (exact) mass is 326 g/mol. The number of benzene rings is 1. The van der Waals surface area contributed by atoms with Crippen molar-refractivity contribution in [3.8, 4) is 5.69 Å². The second-order valence-electron chi connectivity index (χ2n) is 6.36. The van der Waals surface area contributed by atoms with Gasteiger partial charge in [-0.1, -0.05) is 18.2 Å². The molecule has 0 spiro atoms. The van der Waals surface area contributed by atoms with Gasteiger partial charge in [-0.25, -0.2) is 0 Å². The third kappa shape index (κ3) is 2.94. The lowest BCUT2D eigenvalue weighted by molar-refractivity contribution is -0.143. The number of carboxylic acid groups (broad SMARTS) is 1. The zero-order chi connectivity index (χ0) is 17.3. The van der Waals surface area contributed by atoms with E-state index in [0.717, 1.165) is 17.1 Å². The molecule has 24 heavy (non-hydrogen) atoms. The summed E-state index contributed by atoms with van der Waals surface area (Å²) >= 11 is 0. The van der Waals surface area contributed by atoms with E-state index in [4.69, 9.17) is 5.11 Å². The van der Waals surface area contributed by atoms with Gasteiger partial charge in [0.25, 0.3) is 5.91 Å². The lowest BCUT2D eigenvalue weighted by Crippen LogP contribution is -2.40. The minimum atomic E-state index is -0.760. The number of piperidine rings is 1. The highest BCUT2D eigenvalue weighted by atomic mass is 16.4. The van der Waals surface area contributed by atoms with Crippen molar-refractivity contribution >= 4 is 11.9 Å². The molecule has 1 amide bonds. The molecular weight excluding hydrogens is 304 g/mol. The molecule has 1 fully saturated rings. The van der Waals surface area contributed by atoms with Gasteiger partial charge >= 0.3 is 5.97 Å². The quantitative estimate of drug-likeness (QED) is 0.943. The van der Waals surface area contributed by atoms with Crippen molar-refractivity contribution in [1.29, 1.82) is 0 Å². The molecule has 1 saturated heterocycles. The molecule has 3 rings (SSSR count). The molecule has 0 saturated carbocycles. The maximum absolute atomic E-state index is 12.9. The Labute approximate surface area is 141 Å². The van der Waals surface area contributed by atoms with Crippen molar-refractivity contribution in [2.24, 2.45) is 5.92 Å². The van der Waals surface area contributed by atoms with Crippen LogP contribution in [-0.2, 0) is 4.79 Å². The number of hydrogen-bond donors (Lipinski definition) is 1. The second kappa shape index (κ2) is 6.51. The van der Waals surface area contributed by atoms with Crippen molar-refractivity contribution in [2.45, 2.75) is 26.7 Å². The highest BCUT2D eigenvalue weighted by molar-refractivity contribution is 5.96. The van der Waals surface area contributed by atoms with Crippen LogP contribution in [0.5, 0.6) is 0 Å². The minimum absolute atomic E-state index is 0.00544. The normalized spacial score (nSPS) is 15.5. The smallest absolute Gasteiger partial charge is 0.306 e. The highest BCUT2D eigenvalue weighted by Gasteiger charge is 2.29. The maximum Gasteiger partial charge on any atom is 0.306 e. The lowest BCUT2D eigenvalue weighted by atomic mass is 9.96. The number of aromatic nitrogens is 1. The molecule has 0 unspecified atom stereocenters. The van der Waals surface area contributed by atoms with Crippen molar-refractivity contribution < 1.29 is 14.7 Å². The Balaban J connectivity index is 1.83. The predicted octanol–water partition coefficient (Wildman–Crippen LogP) is 3.03. The van der Waals surface area contributed by atoms with Gasteiger partial charge in [0.05, 0.1) is 11.5 Å². The number of likely N-dealkylation sites (tertiary alicyclic amines) is 1. The van der Waals surface area contributed by atoms with Gasteiger partial charge in [0.2, 0.25) is 0 Å². The van der Waals surface area contributed by atoms with Crippen LogP contribution in [0.15, 0.2) is 36.4 Å². The molecule has 1 N–H and O–H groups in total. The molecule has 0 aliphatic carbocycles. The molecule has 2 heterocycles. The number of carbonyl (C=O) groups is 2. The van der Waals surface area contributed by atoms with Crippen LogP contribution in [0.4, 0.5) is 0 Å². The number of aliphatic carboxylic acids is 1. The van der Waals surface area contributed by atoms with Crippen LogP contribution in [0.3, 0.4) is 0 Å². The fourth-order valence-electron chi connectivity index (χ4n) is 3.45. The fourth-order valence-corrected chi connectivity index (χ4v) is 3.45. The van der Waals surface area contributed by atoms with E-state index in [0.29, 0.717) is 31.5 Å². The number of carbonyl (C=O) groups excluding carboxylic acids is 1. The van der Waals surface area contributed by atoms with Gasteiger partial charge < -0.3 is 14.6 Å². The first-order chi connectivity index (χ1) is 11.5. The van der Waals surface area contributed by atoms with E-state index in [1.165, 1.54) is 0 Å². The van der Waals surface area contributed by atoms with Crippen molar-refractivity contribution in [3.05, 3.63) is 53.3 Å². The van der Waals surface area contributed by atoms with Crippen molar-refractivity contribution in [3.63, 3.8) is 0 Å². The van der Waals surface area contributed by atoms with Crippen LogP contribution >= 0.6 is 0 Å². The Bertz CT molecular complexity index is 756. The molecule has 1 aromatic heterocycles. The number of aryl methyl sites for hydroxylation is 1. The van der Waals surface area contributed by atoms with Crippen molar-refractivity contribution in [2.75, 3.05) is 13.1 Å². The Morgan fingerprint density at radius 2 is 1.71 bits per heavy atom. The summed E-state index contributed by atoms with van der Waals surface area (Å²) < 4.78 is 2.08. The molecule has 5 nitrogen and oxygen atoms in total. The average molecular weight is 326 g/mol. The van der Waals surface area contributed by atoms with Crippen LogP contribution in [0.25, 0.3) is 5.69 Å². The van der Waals surface area contributed by atoms with Crippen LogP contribution in [0, 0.1) is 19.8 Å². The third-order valence-corrected chi connectivity index (χ3v) is 4.81. The van der Waals surface area contributed by atoms with E-state index >= 15 is 0 Å². The van der Waals surface area contributed by atoms with Gasteiger partial charge in [-0.2, -0.15) is 0 Å². The Kier molecular flexibility index (Phi) is 4.42. The molecule has 0 bridgehead atoms. The van der Waals surface area contributed by atoms with Crippen LogP contribution in [0.1, 0.15) is 34.6 Å². The summed E-state index contributed by atoms with van der Waals surface area (Å²) in [4.78, 5) is 25.7. The Morgan fingerprint density at radius 1 is 1.08 bits per heavy atom. The van der Waals surface area contributed by atoms with Gasteiger partial charge in [-0.3, -0.25) is 9.59 Å². The lowest BCUT2D eigenvalue weighted by Gasteiger charge is -2.30. The number of amides is 1. The number of nitrogens with zero attached hydrogens (tertiary/aromatic N) is 2. The third-order valence-electron chi connectivity index (χ3n) is 4.81. The summed E-state index contributed by atoms with van der Waals surface area (Å²) in [5.41, 5.74) is 3.67. The topological polar surface area (TPSA) is 62.5 Å². The number of para-hydroxylation sites is 1. The summed E-state index contributed by atoms with van der Waals surface area (Å²) in [6, 6.07) is 11.9. The summed E-state index contributed by atoms with van der Waals surface area (Å²) in [5, 5.41) is 9.08.